The van der Waals surface area contributed by atoms with Crippen LogP contribution < -0.4 is 10.6 Å². The molecule has 1 aliphatic carbocycles. The Hall–Kier alpha value is -2.33. The van der Waals surface area contributed by atoms with Gasteiger partial charge in [-0.3, -0.25) is 4.79 Å². The maximum absolute atomic E-state index is 12.5. The second kappa shape index (κ2) is 5.14. The van der Waals surface area contributed by atoms with E-state index in [9.17, 15) is 9.90 Å². The second-order valence-corrected chi connectivity index (χ2v) is 5.97. The highest BCUT2D eigenvalue weighted by atomic mass is 16.3. The van der Waals surface area contributed by atoms with Crippen LogP contribution in [-0.4, -0.2) is 23.7 Å². The molecule has 0 bridgehead atoms. The Balaban J connectivity index is 1.57. The number of carbonyl (C=O) groups excluding carboxylic acids is 1. The molecule has 0 unspecified atom stereocenters. The molecular weight excluding hydrogens is 276 g/mol. The van der Waals surface area contributed by atoms with Crippen molar-refractivity contribution in [1.82, 2.24) is 5.32 Å². The molecule has 0 saturated heterocycles. The van der Waals surface area contributed by atoms with Gasteiger partial charge in [-0.15, -0.1) is 0 Å². The van der Waals surface area contributed by atoms with Crippen molar-refractivity contribution in [3.63, 3.8) is 0 Å². The number of hydrogen-bond donors (Lipinski definition) is 3. The smallest absolute Gasteiger partial charge is 0.251 e. The van der Waals surface area contributed by atoms with Gasteiger partial charge in [0.15, 0.2) is 0 Å². The molecule has 22 heavy (non-hydrogen) atoms. The molecule has 2 atom stereocenters. The number of fused-ring (bicyclic) bond motifs is 2. The van der Waals surface area contributed by atoms with E-state index in [0.717, 1.165) is 29.8 Å². The summed E-state index contributed by atoms with van der Waals surface area (Å²) in [6, 6.07) is 13.3. The predicted molar refractivity (Wildman–Crippen MR) is 85.0 cm³/mol. The van der Waals surface area contributed by atoms with Gasteiger partial charge in [0.1, 0.15) is 0 Å². The molecule has 112 valence electrons. The van der Waals surface area contributed by atoms with E-state index in [2.05, 4.69) is 10.6 Å². The van der Waals surface area contributed by atoms with Crippen molar-refractivity contribution in [1.29, 1.82) is 0 Å². The monoisotopic (exact) mass is 294 g/mol. The number of nitrogens with one attached hydrogen (secondary N) is 2. The average molecular weight is 294 g/mol. The van der Waals surface area contributed by atoms with Crippen LogP contribution in [0.2, 0.25) is 0 Å². The van der Waals surface area contributed by atoms with Gasteiger partial charge in [-0.2, -0.15) is 0 Å². The van der Waals surface area contributed by atoms with Crippen LogP contribution in [0.4, 0.5) is 5.69 Å². The summed E-state index contributed by atoms with van der Waals surface area (Å²) in [5.41, 5.74) is 5.08. The van der Waals surface area contributed by atoms with E-state index in [0.29, 0.717) is 12.0 Å². The number of aliphatic hydroxyl groups is 1. The minimum Gasteiger partial charge on any atom is -0.390 e. The molecule has 0 aromatic heterocycles. The van der Waals surface area contributed by atoms with Gasteiger partial charge in [0.2, 0.25) is 0 Å². The molecule has 0 saturated carbocycles. The lowest BCUT2D eigenvalue weighted by Gasteiger charge is -2.18. The quantitative estimate of drug-likeness (QED) is 0.794. The van der Waals surface area contributed by atoms with Crippen LogP contribution in [0.15, 0.2) is 42.5 Å². The van der Waals surface area contributed by atoms with E-state index in [4.69, 9.17) is 0 Å². The van der Waals surface area contributed by atoms with Crippen molar-refractivity contribution in [2.45, 2.75) is 25.0 Å². The van der Waals surface area contributed by atoms with Crippen molar-refractivity contribution in [2.75, 3.05) is 11.9 Å². The number of hydrogen-bond acceptors (Lipinski definition) is 3. The summed E-state index contributed by atoms with van der Waals surface area (Å²) in [6.45, 7) is 0.926. The normalized spacial score (nSPS) is 21.9. The largest absolute Gasteiger partial charge is 0.390 e. The minimum absolute atomic E-state index is 0.129. The van der Waals surface area contributed by atoms with Gasteiger partial charge in [-0.05, 0) is 41.3 Å². The molecule has 4 rings (SSSR count). The molecule has 2 aromatic carbocycles. The van der Waals surface area contributed by atoms with E-state index in [1.165, 1.54) is 5.56 Å². The topological polar surface area (TPSA) is 61.4 Å². The predicted octanol–water partition coefficient (Wildman–Crippen LogP) is 2.04. The third-order valence-electron chi connectivity index (χ3n) is 4.57. The number of benzene rings is 2. The lowest BCUT2D eigenvalue weighted by Crippen LogP contribution is -2.33. The SMILES string of the molecule is O=C(N[C@H]1c2ccccc2C[C@H]1O)c1ccc2c(c1)CCN2. The molecule has 1 aliphatic heterocycles. The minimum atomic E-state index is -0.558. The zero-order valence-corrected chi connectivity index (χ0v) is 12.2. The van der Waals surface area contributed by atoms with Gasteiger partial charge in [-0.1, -0.05) is 24.3 Å². The van der Waals surface area contributed by atoms with Crippen LogP contribution in [0.3, 0.4) is 0 Å². The summed E-state index contributed by atoms with van der Waals surface area (Å²) in [7, 11) is 0. The van der Waals surface area contributed by atoms with Crippen molar-refractivity contribution in [3.8, 4) is 0 Å². The van der Waals surface area contributed by atoms with Gasteiger partial charge in [0.05, 0.1) is 12.1 Å². The molecule has 4 nitrogen and oxygen atoms in total. The van der Waals surface area contributed by atoms with Gasteiger partial charge in [-0.25, -0.2) is 0 Å². The molecular formula is C18H18N2O2. The summed E-state index contributed by atoms with van der Waals surface area (Å²) < 4.78 is 0. The number of anilines is 1. The molecule has 3 N–H and O–H groups in total. The van der Waals surface area contributed by atoms with E-state index in [1.807, 2.05) is 42.5 Å². The first kappa shape index (κ1) is 13.3. The molecule has 1 amide bonds. The van der Waals surface area contributed by atoms with E-state index in [-0.39, 0.29) is 11.9 Å². The fourth-order valence-electron chi connectivity index (χ4n) is 3.42. The summed E-state index contributed by atoms with van der Waals surface area (Å²) >= 11 is 0. The van der Waals surface area contributed by atoms with E-state index >= 15 is 0 Å². The third kappa shape index (κ3) is 2.16. The molecule has 4 heteroatoms. The second-order valence-electron chi connectivity index (χ2n) is 5.97. The molecule has 2 aliphatic rings. The molecule has 0 fully saturated rings. The standard InChI is InChI=1S/C18H18N2O2/c21-16-10-11-3-1-2-4-14(11)17(16)20-18(22)13-5-6-15-12(9-13)7-8-19-15/h1-6,9,16-17,19,21H,7-8,10H2,(H,20,22)/t16-,17+/m1/s1. The van der Waals surface area contributed by atoms with Gasteiger partial charge < -0.3 is 15.7 Å². The highest BCUT2D eigenvalue weighted by Crippen LogP contribution is 2.31. The Morgan fingerprint density at radius 3 is 2.95 bits per heavy atom. The molecule has 0 spiro atoms. The Labute approximate surface area is 129 Å². The van der Waals surface area contributed by atoms with E-state index in [1.54, 1.807) is 0 Å². The van der Waals surface area contributed by atoms with Gasteiger partial charge in [0.25, 0.3) is 5.91 Å². The van der Waals surface area contributed by atoms with Crippen LogP contribution in [0, 0.1) is 0 Å². The number of carbonyl (C=O) groups is 1. The van der Waals surface area contributed by atoms with Crippen LogP contribution in [0.1, 0.15) is 33.1 Å². The fraction of sp³-hybridized carbons (Fsp3) is 0.278. The van der Waals surface area contributed by atoms with Gasteiger partial charge in [0, 0.05) is 24.2 Å². The van der Waals surface area contributed by atoms with Crippen molar-refractivity contribution >= 4 is 11.6 Å². The van der Waals surface area contributed by atoms with Crippen molar-refractivity contribution in [3.05, 3.63) is 64.7 Å². The van der Waals surface area contributed by atoms with Crippen LogP contribution in [-0.2, 0) is 12.8 Å². The summed E-state index contributed by atoms with van der Waals surface area (Å²) in [6.07, 6.45) is 0.984. The maximum Gasteiger partial charge on any atom is 0.251 e. The van der Waals surface area contributed by atoms with Crippen molar-refractivity contribution < 1.29 is 9.90 Å². The Morgan fingerprint density at radius 1 is 1.18 bits per heavy atom. The fourth-order valence-corrected chi connectivity index (χ4v) is 3.42. The molecule has 2 aromatic rings. The van der Waals surface area contributed by atoms with Crippen LogP contribution in [0.5, 0.6) is 0 Å². The summed E-state index contributed by atoms with van der Waals surface area (Å²) in [5.74, 6) is -0.129. The third-order valence-corrected chi connectivity index (χ3v) is 4.57. The maximum atomic E-state index is 12.5. The van der Waals surface area contributed by atoms with Gasteiger partial charge >= 0.3 is 0 Å². The number of aliphatic hydroxyl groups excluding tert-OH is 1. The zero-order chi connectivity index (χ0) is 15.1. The number of amides is 1. The van der Waals surface area contributed by atoms with Crippen LogP contribution in [0.25, 0.3) is 0 Å². The highest BCUT2D eigenvalue weighted by Gasteiger charge is 2.32. The first-order valence-electron chi connectivity index (χ1n) is 7.66. The Bertz CT molecular complexity index is 742. The average Bonchev–Trinajstić information content (AvgIpc) is 3.11. The number of rotatable bonds is 2. The first-order chi connectivity index (χ1) is 10.7. The Morgan fingerprint density at radius 2 is 2.05 bits per heavy atom. The Kier molecular flexibility index (Phi) is 3.12. The lowest BCUT2D eigenvalue weighted by molar-refractivity contribution is 0.0858. The summed E-state index contributed by atoms with van der Waals surface area (Å²) in [5, 5.41) is 16.5. The first-order valence-corrected chi connectivity index (χ1v) is 7.66. The molecule has 1 heterocycles. The highest BCUT2D eigenvalue weighted by molar-refractivity contribution is 5.95. The zero-order valence-electron chi connectivity index (χ0n) is 12.2. The van der Waals surface area contributed by atoms with E-state index < -0.39 is 6.10 Å². The lowest BCUT2D eigenvalue weighted by atomic mass is 10.1. The summed E-state index contributed by atoms with van der Waals surface area (Å²) in [4.78, 5) is 12.5. The molecule has 0 radical (unpaired) electrons. The van der Waals surface area contributed by atoms with Crippen molar-refractivity contribution in [2.24, 2.45) is 0 Å². The van der Waals surface area contributed by atoms with Crippen LogP contribution >= 0.6 is 0 Å².